The molecule has 0 radical (unpaired) electrons. The summed E-state index contributed by atoms with van der Waals surface area (Å²) in [5.41, 5.74) is 1.66. The molecule has 0 saturated heterocycles. The van der Waals surface area contributed by atoms with Crippen molar-refractivity contribution >= 4 is 21.1 Å². The van der Waals surface area contributed by atoms with Gasteiger partial charge in [0, 0.05) is 12.6 Å². The van der Waals surface area contributed by atoms with E-state index in [-0.39, 0.29) is 22.8 Å². The molecule has 0 atom stereocenters. The number of halogens is 1. The highest BCUT2D eigenvalue weighted by Gasteiger charge is 2.16. The van der Waals surface area contributed by atoms with Crippen LogP contribution in [0.25, 0.3) is 11.1 Å². The van der Waals surface area contributed by atoms with Crippen molar-refractivity contribution < 1.29 is 17.2 Å². The Hall–Kier alpha value is -2.45. The van der Waals surface area contributed by atoms with Crippen molar-refractivity contribution in [1.29, 1.82) is 0 Å². The number of H-pyrrole nitrogens is 1. The molecule has 1 heterocycles. The van der Waals surface area contributed by atoms with Crippen LogP contribution >= 0.6 is 0 Å². The van der Waals surface area contributed by atoms with Crippen LogP contribution in [0.3, 0.4) is 0 Å². The third-order valence-electron chi connectivity index (χ3n) is 3.39. The number of aromatic amines is 1. The van der Waals surface area contributed by atoms with E-state index in [2.05, 4.69) is 9.71 Å². The van der Waals surface area contributed by atoms with E-state index in [1.165, 1.54) is 30.3 Å². The summed E-state index contributed by atoms with van der Waals surface area (Å²) in [6, 6.07) is 8.47. The number of benzene rings is 2. The van der Waals surface area contributed by atoms with Crippen LogP contribution in [0.15, 0.2) is 50.5 Å². The summed E-state index contributed by atoms with van der Waals surface area (Å²) in [6.45, 7) is 1.63. The molecule has 0 saturated carbocycles. The quantitative estimate of drug-likeness (QED) is 0.763. The largest absolute Gasteiger partial charge is 0.417 e. The zero-order valence-electron chi connectivity index (χ0n) is 12.1. The van der Waals surface area contributed by atoms with E-state index >= 15 is 0 Å². The lowest BCUT2D eigenvalue weighted by molar-refractivity contribution is 0.553. The van der Waals surface area contributed by atoms with Crippen LogP contribution in [0.5, 0.6) is 0 Å². The molecule has 23 heavy (non-hydrogen) atoms. The van der Waals surface area contributed by atoms with E-state index in [9.17, 15) is 17.6 Å². The Morgan fingerprint density at radius 2 is 2.00 bits per heavy atom. The molecular formula is C15H13FN2O4S. The second-order valence-electron chi connectivity index (χ2n) is 5.08. The fourth-order valence-corrected chi connectivity index (χ4v) is 3.20. The SMILES string of the molecule is Cc1cc(CNS(=O)(=O)c2ccc3[nH]c(=O)oc3c2)ccc1F. The van der Waals surface area contributed by atoms with Crippen LogP contribution in [0.1, 0.15) is 11.1 Å². The lowest BCUT2D eigenvalue weighted by Gasteiger charge is -2.07. The topological polar surface area (TPSA) is 92.2 Å². The Kier molecular flexibility index (Phi) is 3.78. The van der Waals surface area contributed by atoms with Crippen LogP contribution in [0.4, 0.5) is 4.39 Å². The maximum atomic E-state index is 13.2. The van der Waals surface area contributed by atoms with Gasteiger partial charge in [0.15, 0.2) is 5.58 Å². The molecule has 0 spiro atoms. The van der Waals surface area contributed by atoms with Gasteiger partial charge in [-0.15, -0.1) is 0 Å². The summed E-state index contributed by atoms with van der Waals surface area (Å²) in [4.78, 5) is 13.5. The van der Waals surface area contributed by atoms with Crippen molar-refractivity contribution in [3.05, 3.63) is 63.9 Å². The summed E-state index contributed by atoms with van der Waals surface area (Å²) in [5.74, 6) is -0.992. The fourth-order valence-electron chi connectivity index (χ4n) is 2.17. The molecule has 0 aliphatic carbocycles. The van der Waals surface area contributed by atoms with E-state index in [1.807, 2.05) is 0 Å². The van der Waals surface area contributed by atoms with E-state index in [0.717, 1.165) is 0 Å². The average Bonchev–Trinajstić information content (AvgIpc) is 2.87. The number of sulfonamides is 1. The van der Waals surface area contributed by atoms with Gasteiger partial charge in [0.05, 0.1) is 10.4 Å². The number of fused-ring (bicyclic) bond motifs is 1. The predicted molar refractivity (Wildman–Crippen MR) is 82.0 cm³/mol. The van der Waals surface area contributed by atoms with Crippen LogP contribution in [0, 0.1) is 12.7 Å². The summed E-state index contributed by atoms with van der Waals surface area (Å²) < 4.78 is 45.1. The van der Waals surface area contributed by atoms with Crippen LogP contribution in [-0.2, 0) is 16.6 Å². The molecule has 1 aromatic heterocycles. The van der Waals surface area contributed by atoms with Crippen molar-refractivity contribution in [3.8, 4) is 0 Å². The molecule has 0 bridgehead atoms. The smallest absolute Gasteiger partial charge is 0.408 e. The minimum atomic E-state index is -3.78. The Morgan fingerprint density at radius 1 is 1.22 bits per heavy atom. The van der Waals surface area contributed by atoms with Gasteiger partial charge in [-0.25, -0.2) is 22.3 Å². The molecule has 6 nitrogen and oxygen atoms in total. The third kappa shape index (κ3) is 3.17. The van der Waals surface area contributed by atoms with Gasteiger partial charge >= 0.3 is 5.76 Å². The van der Waals surface area contributed by atoms with Crippen LogP contribution in [0.2, 0.25) is 0 Å². The molecule has 0 amide bonds. The molecule has 2 N–H and O–H groups in total. The maximum absolute atomic E-state index is 13.2. The number of rotatable bonds is 4. The predicted octanol–water partition coefficient (Wildman–Crippen LogP) is 2.05. The average molecular weight is 336 g/mol. The van der Waals surface area contributed by atoms with Crippen molar-refractivity contribution in [2.75, 3.05) is 0 Å². The number of oxazole rings is 1. The first kappa shape index (κ1) is 15.4. The van der Waals surface area contributed by atoms with Crippen LogP contribution in [-0.4, -0.2) is 13.4 Å². The minimum absolute atomic E-state index is 0.0217. The highest BCUT2D eigenvalue weighted by molar-refractivity contribution is 7.89. The summed E-state index contributed by atoms with van der Waals surface area (Å²) >= 11 is 0. The van der Waals surface area contributed by atoms with Crippen molar-refractivity contribution in [2.45, 2.75) is 18.4 Å². The minimum Gasteiger partial charge on any atom is -0.408 e. The molecule has 2 aromatic carbocycles. The monoisotopic (exact) mass is 336 g/mol. The van der Waals surface area contributed by atoms with Crippen molar-refractivity contribution in [2.24, 2.45) is 0 Å². The molecule has 0 unspecified atom stereocenters. The molecule has 0 aliphatic rings. The molecule has 3 aromatic rings. The normalized spacial score (nSPS) is 11.9. The van der Waals surface area contributed by atoms with E-state index in [4.69, 9.17) is 4.42 Å². The second kappa shape index (κ2) is 5.64. The number of hydrogen-bond acceptors (Lipinski definition) is 4. The number of hydrogen-bond donors (Lipinski definition) is 2. The lowest BCUT2D eigenvalue weighted by Crippen LogP contribution is -2.23. The maximum Gasteiger partial charge on any atom is 0.417 e. The molecule has 0 aliphatic heterocycles. The second-order valence-corrected chi connectivity index (χ2v) is 6.85. The Bertz CT molecular complexity index is 1040. The molecular weight excluding hydrogens is 323 g/mol. The number of aryl methyl sites for hydroxylation is 1. The summed E-state index contributed by atoms with van der Waals surface area (Å²) in [7, 11) is -3.78. The van der Waals surface area contributed by atoms with Gasteiger partial charge in [-0.05, 0) is 36.2 Å². The fraction of sp³-hybridized carbons (Fsp3) is 0.133. The van der Waals surface area contributed by atoms with E-state index in [0.29, 0.717) is 16.6 Å². The Labute approximate surface area is 131 Å². The van der Waals surface area contributed by atoms with Crippen molar-refractivity contribution in [1.82, 2.24) is 9.71 Å². The third-order valence-corrected chi connectivity index (χ3v) is 4.79. The molecule has 3 rings (SSSR count). The van der Waals surface area contributed by atoms with Gasteiger partial charge in [-0.1, -0.05) is 12.1 Å². The zero-order valence-corrected chi connectivity index (χ0v) is 12.9. The van der Waals surface area contributed by atoms with E-state index in [1.54, 1.807) is 13.0 Å². The van der Waals surface area contributed by atoms with E-state index < -0.39 is 15.8 Å². The van der Waals surface area contributed by atoms with Gasteiger partial charge in [0.2, 0.25) is 10.0 Å². The lowest BCUT2D eigenvalue weighted by atomic mass is 10.1. The van der Waals surface area contributed by atoms with Gasteiger partial charge in [0.25, 0.3) is 0 Å². The first-order valence-corrected chi connectivity index (χ1v) is 8.21. The zero-order chi connectivity index (χ0) is 16.6. The highest BCUT2D eigenvalue weighted by atomic mass is 32.2. The number of aromatic nitrogens is 1. The molecule has 8 heteroatoms. The van der Waals surface area contributed by atoms with Crippen molar-refractivity contribution in [3.63, 3.8) is 0 Å². The number of nitrogens with one attached hydrogen (secondary N) is 2. The molecule has 0 fully saturated rings. The standard InChI is InChI=1S/C15H13FN2O4S/c1-9-6-10(2-4-12(9)16)8-17-23(20,21)11-3-5-13-14(7-11)22-15(19)18-13/h2-7,17H,8H2,1H3,(H,18,19). The van der Waals surface area contributed by atoms with Gasteiger partial charge in [-0.2, -0.15) is 0 Å². The Morgan fingerprint density at radius 3 is 2.74 bits per heavy atom. The van der Waals surface area contributed by atoms with Gasteiger partial charge < -0.3 is 4.42 Å². The van der Waals surface area contributed by atoms with Gasteiger partial charge in [0.1, 0.15) is 5.82 Å². The molecule has 120 valence electrons. The summed E-state index contributed by atoms with van der Waals surface area (Å²) in [6.07, 6.45) is 0. The Balaban J connectivity index is 1.84. The van der Waals surface area contributed by atoms with Gasteiger partial charge in [-0.3, -0.25) is 4.98 Å². The first-order chi connectivity index (χ1) is 10.8. The highest BCUT2D eigenvalue weighted by Crippen LogP contribution is 2.17. The van der Waals surface area contributed by atoms with Crippen LogP contribution < -0.4 is 10.5 Å². The summed E-state index contributed by atoms with van der Waals surface area (Å²) in [5, 5.41) is 0. The first-order valence-electron chi connectivity index (χ1n) is 6.73.